The quantitative estimate of drug-likeness (QED) is 0.907. The molecular formula is C14H17BrClN3. The molecular weight excluding hydrogens is 326 g/mol. The Morgan fingerprint density at radius 2 is 2.16 bits per heavy atom. The van der Waals surface area contributed by atoms with Crippen LogP contribution in [0.2, 0.25) is 5.02 Å². The number of hydrogen-bond acceptors (Lipinski definition) is 2. The van der Waals surface area contributed by atoms with Gasteiger partial charge in [-0.2, -0.15) is 5.10 Å². The summed E-state index contributed by atoms with van der Waals surface area (Å²) >= 11 is 9.59. The highest BCUT2D eigenvalue weighted by atomic mass is 79.9. The predicted molar refractivity (Wildman–Crippen MR) is 83.0 cm³/mol. The van der Waals surface area contributed by atoms with Gasteiger partial charge in [-0.1, -0.05) is 41.4 Å². The Labute approximate surface area is 127 Å². The largest absolute Gasteiger partial charge is 0.310 e. The van der Waals surface area contributed by atoms with E-state index in [1.54, 1.807) is 0 Å². The van der Waals surface area contributed by atoms with E-state index in [0.29, 0.717) is 11.1 Å². The van der Waals surface area contributed by atoms with Gasteiger partial charge in [0.05, 0.1) is 16.4 Å². The van der Waals surface area contributed by atoms with E-state index >= 15 is 0 Å². The molecule has 2 aromatic rings. The lowest BCUT2D eigenvalue weighted by atomic mass is 10.1. The average molecular weight is 343 g/mol. The molecule has 0 bridgehead atoms. The molecule has 0 saturated carbocycles. The second-order valence-corrected chi connectivity index (χ2v) is 6.14. The van der Waals surface area contributed by atoms with Crippen molar-refractivity contribution >= 4 is 27.5 Å². The normalized spacial score (nSPS) is 11.3. The first-order valence-corrected chi connectivity index (χ1v) is 7.38. The first-order valence-electron chi connectivity index (χ1n) is 6.21. The van der Waals surface area contributed by atoms with E-state index < -0.39 is 0 Å². The van der Waals surface area contributed by atoms with Crippen molar-refractivity contribution in [2.45, 2.75) is 33.4 Å². The van der Waals surface area contributed by atoms with Crippen molar-refractivity contribution in [1.29, 1.82) is 0 Å². The van der Waals surface area contributed by atoms with E-state index in [-0.39, 0.29) is 0 Å². The Bertz CT molecular complexity index is 559. The van der Waals surface area contributed by atoms with Crippen molar-refractivity contribution in [1.82, 2.24) is 15.1 Å². The first-order chi connectivity index (χ1) is 8.97. The molecule has 0 aliphatic rings. The molecule has 1 aromatic carbocycles. The molecule has 102 valence electrons. The lowest BCUT2D eigenvalue weighted by Gasteiger charge is -2.13. The minimum Gasteiger partial charge on any atom is -0.310 e. The number of benzene rings is 1. The van der Waals surface area contributed by atoms with Crippen LogP contribution in [0.25, 0.3) is 5.69 Å². The van der Waals surface area contributed by atoms with Gasteiger partial charge in [-0.25, -0.2) is 4.68 Å². The van der Waals surface area contributed by atoms with Crippen LogP contribution < -0.4 is 5.32 Å². The molecule has 1 N–H and O–H groups in total. The third-order valence-electron chi connectivity index (χ3n) is 2.83. The molecule has 2 rings (SSSR count). The summed E-state index contributed by atoms with van der Waals surface area (Å²) in [6, 6.07) is 6.61. The Morgan fingerprint density at radius 1 is 1.42 bits per heavy atom. The zero-order valence-corrected chi connectivity index (χ0v) is 13.6. The predicted octanol–water partition coefficient (Wildman–Crippen LogP) is 4.09. The summed E-state index contributed by atoms with van der Waals surface area (Å²) in [5.74, 6) is 0. The number of hydrogen-bond donors (Lipinski definition) is 1. The molecule has 1 aromatic heterocycles. The van der Waals surface area contributed by atoms with Gasteiger partial charge in [0, 0.05) is 23.3 Å². The maximum atomic E-state index is 6.08. The zero-order chi connectivity index (χ0) is 14.0. The van der Waals surface area contributed by atoms with Crippen LogP contribution in [-0.4, -0.2) is 15.8 Å². The van der Waals surface area contributed by atoms with Crippen LogP contribution in [0.4, 0.5) is 0 Å². The Kier molecular flexibility index (Phi) is 4.66. The van der Waals surface area contributed by atoms with E-state index in [1.807, 2.05) is 29.9 Å². The van der Waals surface area contributed by atoms with Crippen LogP contribution in [0.3, 0.4) is 0 Å². The van der Waals surface area contributed by atoms with Crippen LogP contribution in [0.1, 0.15) is 25.1 Å². The number of halogens is 2. The summed E-state index contributed by atoms with van der Waals surface area (Å²) in [5.41, 5.74) is 3.07. The third kappa shape index (κ3) is 3.59. The van der Waals surface area contributed by atoms with Gasteiger partial charge >= 0.3 is 0 Å². The minimum absolute atomic E-state index is 0.440. The summed E-state index contributed by atoms with van der Waals surface area (Å²) in [4.78, 5) is 0. The van der Waals surface area contributed by atoms with Crippen molar-refractivity contribution in [3.8, 4) is 5.69 Å². The summed E-state index contributed by atoms with van der Waals surface area (Å²) in [7, 11) is 0. The summed E-state index contributed by atoms with van der Waals surface area (Å²) in [6.45, 7) is 6.96. The van der Waals surface area contributed by atoms with E-state index in [2.05, 4.69) is 46.3 Å². The number of rotatable bonds is 4. The van der Waals surface area contributed by atoms with Crippen molar-refractivity contribution < 1.29 is 0 Å². The molecule has 0 fully saturated rings. The van der Waals surface area contributed by atoms with E-state index in [0.717, 1.165) is 22.4 Å². The summed E-state index contributed by atoms with van der Waals surface area (Å²) in [6.07, 6.45) is 1.85. The van der Waals surface area contributed by atoms with E-state index in [9.17, 15) is 0 Å². The smallest absolute Gasteiger partial charge is 0.0819 e. The fraction of sp³-hybridized carbons (Fsp3) is 0.357. The van der Waals surface area contributed by atoms with Gasteiger partial charge in [0.15, 0.2) is 0 Å². The molecule has 0 saturated heterocycles. The zero-order valence-electron chi connectivity index (χ0n) is 11.2. The lowest BCUT2D eigenvalue weighted by molar-refractivity contribution is 0.586. The Hall–Kier alpha value is -0.840. The molecule has 19 heavy (non-hydrogen) atoms. The van der Waals surface area contributed by atoms with Crippen LogP contribution in [0, 0.1) is 6.92 Å². The highest BCUT2D eigenvalue weighted by molar-refractivity contribution is 9.10. The van der Waals surface area contributed by atoms with Gasteiger partial charge in [-0.05, 0) is 30.7 Å². The van der Waals surface area contributed by atoms with Crippen molar-refractivity contribution in [3.05, 3.63) is 45.1 Å². The fourth-order valence-corrected chi connectivity index (χ4v) is 2.33. The molecule has 0 atom stereocenters. The van der Waals surface area contributed by atoms with Crippen LogP contribution >= 0.6 is 27.5 Å². The molecule has 3 nitrogen and oxygen atoms in total. The van der Waals surface area contributed by atoms with E-state index in [1.165, 1.54) is 5.56 Å². The number of aromatic nitrogens is 2. The van der Waals surface area contributed by atoms with Gasteiger partial charge in [0.25, 0.3) is 0 Å². The Morgan fingerprint density at radius 3 is 2.74 bits per heavy atom. The maximum absolute atomic E-state index is 6.08. The first kappa shape index (κ1) is 14.6. The molecule has 0 unspecified atom stereocenters. The molecule has 0 radical (unpaired) electrons. The van der Waals surface area contributed by atoms with Crippen LogP contribution in [0.5, 0.6) is 0 Å². The molecule has 0 aliphatic heterocycles. The van der Waals surface area contributed by atoms with Crippen LogP contribution in [0.15, 0.2) is 28.9 Å². The van der Waals surface area contributed by atoms with Gasteiger partial charge in [-0.15, -0.1) is 0 Å². The second-order valence-electron chi connectivity index (χ2n) is 4.82. The van der Waals surface area contributed by atoms with Crippen LogP contribution in [-0.2, 0) is 6.54 Å². The molecule has 0 aliphatic carbocycles. The van der Waals surface area contributed by atoms with Crippen molar-refractivity contribution in [2.24, 2.45) is 0 Å². The third-order valence-corrected chi connectivity index (χ3v) is 3.69. The van der Waals surface area contributed by atoms with Gasteiger partial charge in [0.2, 0.25) is 0 Å². The maximum Gasteiger partial charge on any atom is 0.0819 e. The van der Waals surface area contributed by atoms with Crippen molar-refractivity contribution in [3.63, 3.8) is 0 Å². The monoisotopic (exact) mass is 341 g/mol. The topological polar surface area (TPSA) is 29.9 Å². The Balaban J connectivity index is 2.38. The van der Waals surface area contributed by atoms with Gasteiger partial charge < -0.3 is 5.32 Å². The highest BCUT2D eigenvalue weighted by Gasteiger charge is 2.09. The lowest BCUT2D eigenvalue weighted by Crippen LogP contribution is -2.22. The second kappa shape index (κ2) is 6.07. The van der Waals surface area contributed by atoms with Crippen molar-refractivity contribution in [2.75, 3.05) is 0 Å². The summed E-state index contributed by atoms with van der Waals surface area (Å²) in [5, 5.41) is 8.55. The van der Waals surface area contributed by atoms with Gasteiger partial charge in [0.1, 0.15) is 0 Å². The number of nitrogens with zero attached hydrogens (tertiary/aromatic N) is 2. The average Bonchev–Trinajstić information content (AvgIpc) is 2.67. The SMILES string of the molecule is Cc1nn(-c2ccc(Br)cc2CNC(C)C)cc1Cl. The number of nitrogens with one attached hydrogen (secondary N) is 1. The fourth-order valence-electron chi connectivity index (χ4n) is 1.80. The van der Waals surface area contributed by atoms with Gasteiger partial charge in [-0.3, -0.25) is 0 Å². The standard InChI is InChI=1S/C14H17BrClN3/c1-9(2)17-7-11-6-12(15)4-5-14(11)19-8-13(16)10(3)18-19/h4-6,8-9,17H,7H2,1-3H3. The molecule has 1 heterocycles. The molecule has 5 heteroatoms. The highest BCUT2D eigenvalue weighted by Crippen LogP contribution is 2.22. The minimum atomic E-state index is 0.440. The summed E-state index contributed by atoms with van der Waals surface area (Å²) < 4.78 is 2.90. The molecule has 0 spiro atoms. The van der Waals surface area contributed by atoms with E-state index in [4.69, 9.17) is 11.6 Å². The number of aryl methyl sites for hydroxylation is 1. The molecule has 0 amide bonds.